The third-order valence-corrected chi connectivity index (χ3v) is 6.89. The Morgan fingerprint density at radius 1 is 1.23 bits per heavy atom. The molecular weight excluding hydrogens is 452 g/mol. The number of fused-ring (bicyclic) bond motifs is 1. The number of piperazine rings is 1. The summed E-state index contributed by atoms with van der Waals surface area (Å²) in [7, 11) is 3.39. The van der Waals surface area contributed by atoms with Gasteiger partial charge in [0.1, 0.15) is 11.7 Å². The first-order valence-electron chi connectivity index (χ1n) is 11.8. The third kappa shape index (κ3) is 4.79. The Bertz CT molecular complexity index is 1110. The highest BCUT2D eigenvalue weighted by Gasteiger charge is 2.43. The summed E-state index contributed by atoms with van der Waals surface area (Å²) in [5, 5.41) is 3.30. The van der Waals surface area contributed by atoms with E-state index in [0.717, 1.165) is 5.56 Å². The lowest BCUT2D eigenvalue weighted by Crippen LogP contribution is -2.62. The van der Waals surface area contributed by atoms with E-state index in [1.165, 1.54) is 29.3 Å². The molecule has 188 valence electrons. The van der Waals surface area contributed by atoms with Crippen molar-refractivity contribution in [3.63, 3.8) is 0 Å². The van der Waals surface area contributed by atoms with Gasteiger partial charge in [-0.1, -0.05) is 44.2 Å². The molecule has 3 heterocycles. The predicted molar refractivity (Wildman–Crippen MR) is 131 cm³/mol. The number of carbonyl (C=O) groups excluding carboxylic acids is 2. The molecule has 0 spiro atoms. The molecule has 9 heteroatoms. The highest BCUT2D eigenvalue weighted by Crippen LogP contribution is 2.43. The Hall–Kier alpha value is -2.91. The highest BCUT2D eigenvalue weighted by molar-refractivity contribution is 5.98. The van der Waals surface area contributed by atoms with Crippen molar-refractivity contribution in [2.75, 3.05) is 45.2 Å². The summed E-state index contributed by atoms with van der Waals surface area (Å²) < 4.78 is 30.6. The van der Waals surface area contributed by atoms with E-state index < -0.39 is 23.1 Å². The second-order valence-corrected chi connectivity index (χ2v) is 10.4. The molecule has 1 N–H and O–H groups in total. The molecule has 0 saturated carbocycles. The van der Waals surface area contributed by atoms with E-state index in [1.54, 1.807) is 37.2 Å². The van der Waals surface area contributed by atoms with Crippen molar-refractivity contribution < 1.29 is 18.4 Å². The second-order valence-electron chi connectivity index (χ2n) is 10.4. The van der Waals surface area contributed by atoms with Crippen LogP contribution < -0.4 is 10.2 Å². The fraction of sp³-hybridized carbons (Fsp3) is 0.500. The zero-order valence-electron chi connectivity index (χ0n) is 20.9. The second kappa shape index (κ2) is 9.28. The molecule has 1 saturated heterocycles. The standard InChI is InChI=1S/C26H33F2N5O2/c1-17-14-32(21(13-29-17)24(35)31(4)5)15-23(34)33-16-25(2,3)19-12-30-22(11-20(19)33)26(27,28)18-9-7-6-8-10-18/h6-12,17,21,29H,13-16H2,1-5H3/t17-,21-/m1/s1. The molecule has 7 nitrogen and oxygen atoms in total. The van der Waals surface area contributed by atoms with Gasteiger partial charge in [-0.05, 0) is 13.0 Å². The Balaban J connectivity index is 1.64. The minimum Gasteiger partial charge on any atom is -0.347 e. The molecule has 0 bridgehead atoms. The molecule has 2 aromatic rings. The summed E-state index contributed by atoms with van der Waals surface area (Å²) >= 11 is 0. The van der Waals surface area contributed by atoms with Crippen LogP contribution in [0.25, 0.3) is 0 Å². The predicted octanol–water partition coefficient (Wildman–Crippen LogP) is 2.60. The average molecular weight is 486 g/mol. The monoisotopic (exact) mass is 485 g/mol. The van der Waals surface area contributed by atoms with Gasteiger partial charge < -0.3 is 15.1 Å². The SMILES string of the molecule is C[C@@H]1CN(CC(=O)N2CC(C)(C)c3cnc(C(F)(F)c4ccccc4)cc32)[C@@H](C(=O)N(C)C)CN1. The van der Waals surface area contributed by atoms with Gasteiger partial charge in [0.05, 0.1) is 12.2 Å². The first kappa shape index (κ1) is 25.2. The minimum atomic E-state index is -3.30. The molecule has 0 aliphatic carbocycles. The van der Waals surface area contributed by atoms with Gasteiger partial charge in [0.2, 0.25) is 11.8 Å². The van der Waals surface area contributed by atoms with Gasteiger partial charge in [0.15, 0.2) is 0 Å². The largest absolute Gasteiger partial charge is 0.347 e. The molecule has 1 aromatic heterocycles. The topological polar surface area (TPSA) is 68.8 Å². The summed E-state index contributed by atoms with van der Waals surface area (Å²) in [5.74, 6) is -3.59. The molecule has 2 atom stereocenters. The van der Waals surface area contributed by atoms with Crippen LogP contribution in [0.2, 0.25) is 0 Å². The van der Waals surface area contributed by atoms with E-state index in [1.807, 2.05) is 25.7 Å². The maximum atomic E-state index is 15.3. The molecule has 2 aliphatic rings. The van der Waals surface area contributed by atoms with E-state index in [2.05, 4.69) is 10.3 Å². The number of alkyl halides is 2. The van der Waals surface area contributed by atoms with Gasteiger partial charge >= 0.3 is 5.92 Å². The van der Waals surface area contributed by atoms with Crippen molar-refractivity contribution in [1.82, 2.24) is 20.1 Å². The van der Waals surface area contributed by atoms with Crippen LogP contribution in [-0.4, -0.2) is 79.0 Å². The molecule has 2 aliphatic heterocycles. The van der Waals surface area contributed by atoms with Crippen LogP contribution in [-0.2, 0) is 20.9 Å². The minimum absolute atomic E-state index is 0.0263. The number of carbonyl (C=O) groups is 2. The van der Waals surface area contributed by atoms with E-state index in [-0.39, 0.29) is 30.0 Å². The van der Waals surface area contributed by atoms with Crippen LogP contribution >= 0.6 is 0 Å². The molecule has 35 heavy (non-hydrogen) atoms. The molecule has 4 rings (SSSR count). The Morgan fingerprint density at radius 2 is 1.91 bits per heavy atom. The number of aromatic nitrogens is 1. The van der Waals surface area contributed by atoms with Crippen LogP contribution in [0.4, 0.5) is 14.5 Å². The van der Waals surface area contributed by atoms with E-state index in [9.17, 15) is 9.59 Å². The fourth-order valence-corrected chi connectivity index (χ4v) is 4.91. The molecule has 0 radical (unpaired) electrons. The number of rotatable bonds is 5. The normalized spacial score (nSPS) is 22.1. The third-order valence-electron chi connectivity index (χ3n) is 6.89. The number of likely N-dealkylation sites (N-methyl/N-ethyl adjacent to an activating group) is 1. The van der Waals surface area contributed by atoms with E-state index >= 15 is 8.78 Å². The Labute approximate surface area is 205 Å². The van der Waals surface area contributed by atoms with E-state index in [0.29, 0.717) is 25.3 Å². The van der Waals surface area contributed by atoms with Gasteiger partial charge in [-0.3, -0.25) is 19.5 Å². The lowest BCUT2D eigenvalue weighted by atomic mass is 9.88. The van der Waals surface area contributed by atoms with Crippen molar-refractivity contribution in [2.45, 2.75) is 44.2 Å². The van der Waals surface area contributed by atoms with Gasteiger partial charge in [0.25, 0.3) is 0 Å². The summed E-state index contributed by atoms with van der Waals surface area (Å²) in [6.45, 7) is 7.32. The van der Waals surface area contributed by atoms with Crippen LogP contribution in [0.15, 0.2) is 42.6 Å². The Morgan fingerprint density at radius 3 is 2.57 bits per heavy atom. The number of hydrogen-bond acceptors (Lipinski definition) is 5. The highest BCUT2D eigenvalue weighted by atomic mass is 19.3. The summed E-state index contributed by atoms with van der Waals surface area (Å²) in [5.41, 5.74) is 0.234. The maximum absolute atomic E-state index is 15.3. The zero-order valence-corrected chi connectivity index (χ0v) is 20.9. The van der Waals surface area contributed by atoms with Gasteiger partial charge in [-0.15, -0.1) is 0 Å². The van der Waals surface area contributed by atoms with Gasteiger partial charge in [-0.25, -0.2) is 0 Å². The van der Waals surface area contributed by atoms with Crippen LogP contribution in [0.5, 0.6) is 0 Å². The average Bonchev–Trinajstić information content (AvgIpc) is 3.09. The number of amides is 2. The van der Waals surface area contributed by atoms with Crippen LogP contribution in [0.3, 0.4) is 0 Å². The van der Waals surface area contributed by atoms with Crippen molar-refractivity contribution in [3.8, 4) is 0 Å². The number of pyridine rings is 1. The van der Waals surface area contributed by atoms with Crippen LogP contribution in [0.1, 0.15) is 37.6 Å². The molecule has 1 fully saturated rings. The maximum Gasteiger partial charge on any atom is 0.314 e. The molecule has 1 aromatic carbocycles. The Kier molecular flexibility index (Phi) is 6.68. The summed E-state index contributed by atoms with van der Waals surface area (Å²) in [6.07, 6.45) is 1.47. The van der Waals surface area contributed by atoms with Crippen molar-refractivity contribution in [3.05, 3.63) is 59.4 Å². The first-order valence-corrected chi connectivity index (χ1v) is 11.8. The van der Waals surface area contributed by atoms with Crippen molar-refractivity contribution in [2.24, 2.45) is 0 Å². The van der Waals surface area contributed by atoms with Crippen LogP contribution in [0, 0.1) is 0 Å². The van der Waals surface area contributed by atoms with Crippen molar-refractivity contribution >= 4 is 17.5 Å². The molecule has 0 unspecified atom stereocenters. The van der Waals surface area contributed by atoms with Gasteiger partial charge in [-0.2, -0.15) is 8.78 Å². The lowest BCUT2D eigenvalue weighted by Gasteiger charge is -2.39. The fourth-order valence-electron chi connectivity index (χ4n) is 4.91. The van der Waals surface area contributed by atoms with E-state index in [4.69, 9.17) is 0 Å². The molecule has 2 amide bonds. The number of halogens is 2. The summed E-state index contributed by atoms with van der Waals surface area (Å²) in [6, 6.07) is 8.56. The smallest absolute Gasteiger partial charge is 0.314 e. The number of anilines is 1. The number of nitrogens with one attached hydrogen (secondary N) is 1. The number of nitrogens with zero attached hydrogens (tertiary/aromatic N) is 4. The number of benzene rings is 1. The quantitative estimate of drug-likeness (QED) is 0.705. The number of hydrogen-bond donors (Lipinski definition) is 1. The lowest BCUT2D eigenvalue weighted by molar-refractivity contribution is -0.136. The summed E-state index contributed by atoms with van der Waals surface area (Å²) in [4.78, 5) is 35.4. The first-order chi connectivity index (χ1) is 16.4. The van der Waals surface area contributed by atoms with Gasteiger partial charge in [0, 0.05) is 62.5 Å². The molecular formula is C26H33F2N5O2. The van der Waals surface area contributed by atoms with Crippen molar-refractivity contribution in [1.29, 1.82) is 0 Å². The zero-order chi connectivity index (χ0) is 25.5.